The predicted octanol–water partition coefficient (Wildman–Crippen LogP) is 5.67. The second-order valence-electron chi connectivity index (χ2n) is 9.04. The molecule has 2 bridgehead atoms. The third-order valence-corrected chi connectivity index (χ3v) is 8.51. The highest BCUT2D eigenvalue weighted by atomic mass is 79.9. The summed E-state index contributed by atoms with van der Waals surface area (Å²) in [7, 11) is 0. The molecule has 1 aromatic carbocycles. The number of carbonyl (C=O) groups excluding carboxylic acids is 1. The van der Waals surface area contributed by atoms with E-state index in [0.29, 0.717) is 5.92 Å². The Morgan fingerprint density at radius 2 is 1.93 bits per heavy atom. The van der Waals surface area contributed by atoms with Gasteiger partial charge in [0, 0.05) is 41.7 Å². The van der Waals surface area contributed by atoms with Gasteiger partial charge in [-0.3, -0.25) is 5.32 Å². The molecule has 1 aliphatic carbocycles. The molecule has 154 valence electrons. The molecule has 2 aromatic rings. The number of para-hydroxylation sites is 1. The van der Waals surface area contributed by atoms with Gasteiger partial charge in [0.2, 0.25) is 0 Å². The maximum absolute atomic E-state index is 12.8. The van der Waals surface area contributed by atoms with Gasteiger partial charge in [-0.05, 0) is 52.5 Å². The number of halogens is 1. The molecular weight excluding hydrogens is 448 g/mol. The van der Waals surface area contributed by atoms with Gasteiger partial charge in [-0.1, -0.05) is 18.2 Å². The summed E-state index contributed by atoms with van der Waals surface area (Å²) in [4.78, 5) is 14.0. The second kappa shape index (κ2) is 8.05. The Morgan fingerprint density at radius 3 is 2.66 bits per heavy atom. The molecule has 0 radical (unpaired) electrons. The molecule has 6 heteroatoms. The Bertz CT molecular complexity index is 887. The summed E-state index contributed by atoms with van der Waals surface area (Å²) < 4.78 is 8.31. The van der Waals surface area contributed by atoms with Crippen LogP contribution in [0.4, 0.5) is 10.5 Å². The van der Waals surface area contributed by atoms with E-state index >= 15 is 0 Å². The van der Waals surface area contributed by atoms with Crippen molar-refractivity contribution in [2.45, 2.75) is 38.2 Å². The predicted molar refractivity (Wildman–Crippen MR) is 120 cm³/mol. The van der Waals surface area contributed by atoms with E-state index in [1.165, 1.54) is 54.7 Å². The van der Waals surface area contributed by atoms with Gasteiger partial charge in [-0.15, -0.1) is 11.3 Å². The van der Waals surface area contributed by atoms with Crippen molar-refractivity contribution in [3.63, 3.8) is 0 Å². The quantitative estimate of drug-likeness (QED) is 0.546. The van der Waals surface area contributed by atoms with E-state index in [1.807, 2.05) is 18.2 Å². The van der Waals surface area contributed by atoms with Gasteiger partial charge in [0.25, 0.3) is 0 Å². The summed E-state index contributed by atoms with van der Waals surface area (Å²) in [5.74, 6) is 1.46. The number of hydrogen-bond donors (Lipinski definition) is 1. The molecule has 4 aliphatic rings. The van der Waals surface area contributed by atoms with E-state index in [2.05, 4.69) is 39.4 Å². The Balaban J connectivity index is 1.23. The summed E-state index contributed by atoms with van der Waals surface area (Å²) in [6.07, 6.45) is 5.77. The monoisotopic (exact) mass is 475 g/mol. The van der Waals surface area contributed by atoms with Crippen molar-refractivity contribution in [3.8, 4) is 0 Å². The number of hydrogen-bond acceptors (Lipinski definition) is 3. The van der Waals surface area contributed by atoms with Crippen LogP contribution in [0.2, 0.25) is 0 Å². The van der Waals surface area contributed by atoms with Gasteiger partial charge in [0.05, 0.1) is 23.4 Å². The lowest BCUT2D eigenvalue weighted by Crippen LogP contribution is -2.65. The maximum Gasteiger partial charge on any atom is 0.412 e. The third-order valence-electron chi connectivity index (χ3n) is 6.89. The summed E-state index contributed by atoms with van der Waals surface area (Å²) in [5.41, 5.74) is 1.97. The minimum atomic E-state index is -0.298. The smallest absolute Gasteiger partial charge is 0.412 e. The number of nitrogens with zero attached hydrogens (tertiary/aromatic N) is 1. The number of thiophene rings is 1. The van der Waals surface area contributed by atoms with Crippen LogP contribution in [-0.4, -0.2) is 42.9 Å². The summed E-state index contributed by atoms with van der Waals surface area (Å²) >= 11 is 5.25. The minimum Gasteiger partial charge on any atom is -0.440 e. The van der Waals surface area contributed by atoms with Crippen molar-refractivity contribution in [1.29, 1.82) is 0 Å². The molecule has 4 heterocycles. The molecule has 1 N–H and O–H groups in total. The van der Waals surface area contributed by atoms with E-state index in [0.717, 1.165) is 33.9 Å². The number of anilines is 1. The lowest BCUT2D eigenvalue weighted by Gasteiger charge is -2.52. The average Bonchev–Trinajstić information content (AvgIpc) is 3.42. The number of quaternary nitrogens is 1. The van der Waals surface area contributed by atoms with Crippen molar-refractivity contribution in [2.75, 3.05) is 31.5 Å². The highest BCUT2D eigenvalue weighted by Crippen LogP contribution is 2.40. The van der Waals surface area contributed by atoms with Crippen LogP contribution in [0.25, 0.3) is 0 Å². The molecule has 6 rings (SSSR count). The lowest BCUT2D eigenvalue weighted by atomic mass is 9.83. The van der Waals surface area contributed by atoms with Crippen LogP contribution in [0.15, 0.2) is 40.2 Å². The Kier molecular flexibility index (Phi) is 5.43. The van der Waals surface area contributed by atoms with Crippen LogP contribution in [0, 0.1) is 11.8 Å². The van der Waals surface area contributed by atoms with Crippen molar-refractivity contribution in [3.05, 3.63) is 50.6 Å². The Morgan fingerprint density at radius 1 is 1.14 bits per heavy atom. The fourth-order valence-electron chi connectivity index (χ4n) is 5.17. The van der Waals surface area contributed by atoms with Crippen LogP contribution in [0.3, 0.4) is 0 Å². The van der Waals surface area contributed by atoms with Crippen LogP contribution < -0.4 is 5.32 Å². The zero-order valence-electron chi connectivity index (χ0n) is 16.6. The summed E-state index contributed by atoms with van der Waals surface area (Å²) in [6, 6.07) is 12.2. The van der Waals surface area contributed by atoms with Crippen LogP contribution >= 0.6 is 27.3 Å². The van der Waals surface area contributed by atoms with Crippen molar-refractivity contribution in [2.24, 2.45) is 11.8 Å². The SMILES string of the molecule is O=C(Nc1ccccc1Cc1ccc(Br)s1)OC1C[N+]2(CC3CC3)CCC1CC2. The molecule has 1 unspecified atom stereocenters. The van der Waals surface area contributed by atoms with Gasteiger partial charge < -0.3 is 9.22 Å². The number of benzene rings is 1. The van der Waals surface area contributed by atoms with E-state index < -0.39 is 0 Å². The fourth-order valence-corrected chi connectivity index (χ4v) is 6.67. The number of piperidine rings is 3. The summed E-state index contributed by atoms with van der Waals surface area (Å²) in [6.45, 7) is 4.87. The molecule has 1 atom stereocenters. The Labute approximate surface area is 185 Å². The first-order chi connectivity index (χ1) is 14.1. The first kappa shape index (κ1) is 19.6. The molecule has 4 fully saturated rings. The zero-order chi connectivity index (χ0) is 19.8. The van der Waals surface area contributed by atoms with E-state index in [1.54, 1.807) is 11.3 Å². The molecule has 0 spiro atoms. The molecule has 1 amide bonds. The summed E-state index contributed by atoms with van der Waals surface area (Å²) in [5, 5.41) is 3.03. The number of carbonyl (C=O) groups is 1. The number of ether oxygens (including phenoxy) is 1. The first-order valence-electron chi connectivity index (χ1n) is 10.7. The molecule has 3 saturated heterocycles. The second-order valence-corrected chi connectivity index (χ2v) is 11.6. The van der Waals surface area contributed by atoms with Crippen molar-refractivity contribution < 1.29 is 14.0 Å². The van der Waals surface area contributed by atoms with E-state index in [9.17, 15) is 4.79 Å². The van der Waals surface area contributed by atoms with Gasteiger partial charge in [-0.2, -0.15) is 0 Å². The molecule has 29 heavy (non-hydrogen) atoms. The molecule has 1 aromatic heterocycles. The highest BCUT2D eigenvalue weighted by molar-refractivity contribution is 9.11. The van der Waals surface area contributed by atoms with Crippen LogP contribution in [0.1, 0.15) is 36.1 Å². The molecule has 3 aliphatic heterocycles. The minimum absolute atomic E-state index is 0.0664. The third kappa shape index (κ3) is 4.54. The molecule has 4 nitrogen and oxygen atoms in total. The first-order valence-corrected chi connectivity index (χ1v) is 12.3. The normalized spacial score (nSPS) is 28.3. The molecular formula is C23H28BrN2O2S+. The average molecular weight is 476 g/mol. The Hall–Kier alpha value is -1.37. The van der Waals surface area contributed by atoms with Gasteiger partial charge in [0.1, 0.15) is 6.54 Å². The van der Waals surface area contributed by atoms with Crippen LogP contribution in [-0.2, 0) is 11.2 Å². The van der Waals surface area contributed by atoms with Crippen molar-refractivity contribution >= 4 is 39.0 Å². The van der Waals surface area contributed by atoms with Crippen LogP contribution in [0.5, 0.6) is 0 Å². The largest absolute Gasteiger partial charge is 0.440 e. The van der Waals surface area contributed by atoms with Gasteiger partial charge >= 0.3 is 6.09 Å². The zero-order valence-corrected chi connectivity index (χ0v) is 19.0. The number of rotatable bonds is 6. The lowest BCUT2D eigenvalue weighted by molar-refractivity contribution is -0.947. The van der Waals surface area contributed by atoms with Crippen molar-refractivity contribution in [1.82, 2.24) is 0 Å². The molecule has 1 saturated carbocycles. The fraction of sp³-hybridized carbons (Fsp3) is 0.522. The van der Waals surface area contributed by atoms with E-state index in [4.69, 9.17) is 4.74 Å². The standard InChI is InChI=1S/C23H27BrN2O2S/c24-22-8-7-19(29-22)13-18-3-1-2-4-20(18)25-23(27)28-21-15-26(14-16-5-6-16)11-9-17(21)10-12-26/h1-4,7-8,16-17,21H,5-6,9-15H2/p+1. The number of fused-ring (bicyclic) bond motifs is 3. The van der Waals surface area contributed by atoms with Gasteiger partial charge in [-0.25, -0.2) is 4.79 Å². The maximum atomic E-state index is 12.8. The van der Waals surface area contributed by atoms with E-state index in [-0.39, 0.29) is 12.2 Å². The van der Waals surface area contributed by atoms with Gasteiger partial charge in [0.15, 0.2) is 6.10 Å². The number of amides is 1. The number of nitrogens with one attached hydrogen (secondary N) is 1. The topological polar surface area (TPSA) is 38.3 Å². The highest BCUT2D eigenvalue weighted by Gasteiger charge is 2.49.